The topological polar surface area (TPSA) is 57.0 Å². The van der Waals surface area contributed by atoms with Gasteiger partial charge in [-0.05, 0) is 49.7 Å². The number of benzene rings is 1. The van der Waals surface area contributed by atoms with E-state index in [0.717, 1.165) is 38.4 Å². The molecule has 3 aromatic heterocycles. The molecule has 24 heavy (non-hydrogen) atoms. The Labute approximate surface area is 142 Å². The summed E-state index contributed by atoms with van der Waals surface area (Å²) >= 11 is 1.40. The van der Waals surface area contributed by atoms with Crippen molar-refractivity contribution in [2.24, 2.45) is 0 Å². The van der Waals surface area contributed by atoms with Gasteiger partial charge < -0.3 is 4.74 Å². The standard InChI is InChI=1S/C18H15N3O2S/c1-10-8-11(2)20-17-14(10)15-16(24-17)18(22)21(9-19-15)12-4-6-13(23-3)7-5-12/h4-9H,1-3H3. The number of aryl methyl sites for hydroxylation is 2. The van der Waals surface area contributed by atoms with E-state index in [-0.39, 0.29) is 5.56 Å². The van der Waals surface area contributed by atoms with E-state index in [1.807, 2.05) is 44.2 Å². The van der Waals surface area contributed by atoms with Gasteiger partial charge in [-0.1, -0.05) is 0 Å². The van der Waals surface area contributed by atoms with Crippen LogP contribution in [0.25, 0.3) is 26.1 Å². The van der Waals surface area contributed by atoms with Crippen molar-refractivity contribution in [2.75, 3.05) is 7.11 Å². The summed E-state index contributed by atoms with van der Waals surface area (Å²) in [5, 5.41) is 0.972. The smallest absolute Gasteiger partial charge is 0.275 e. The molecule has 0 atom stereocenters. The first kappa shape index (κ1) is 14.8. The van der Waals surface area contributed by atoms with E-state index in [4.69, 9.17) is 4.74 Å². The fraction of sp³-hybridized carbons (Fsp3) is 0.167. The van der Waals surface area contributed by atoms with Gasteiger partial charge in [0.05, 0.1) is 18.3 Å². The van der Waals surface area contributed by atoms with Crippen LogP contribution in [0.4, 0.5) is 0 Å². The molecule has 0 N–H and O–H groups in total. The molecule has 0 radical (unpaired) electrons. The molecule has 0 bridgehead atoms. The highest BCUT2D eigenvalue weighted by molar-refractivity contribution is 7.25. The Morgan fingerprint density at radius 1 is 1.17 bits per heavy atom. The zero-order valence-corrected chi connectivity index (χ0v) is 14.3. The molecule has 0 saturated carbocycles. The van der Waals surface area contributed by atoms with Crippen LogP contribution in [-0.2, 0) is 0 Å². The molecule has 0 spiro atoms. The molecule has 6 heteroatoms. The lowest BCUT2D eigenvalue weighted by molar-refractivity contribution is 0.414. The Bertz CT molecular complexity index is 1130. The van der Waals surface area contributed by atoms with Crippen LogP contribution in [0.5, 0.6) is 5.75 Å². The number of aromatic nitrogens is 3. The Kier molecular flexibility index (Phi) is 3.35. The lowest BCUT2D eigenvalue weighted by Crippen LogP contribution is -2.17. The molecule has 4 aromatic rings. The quantitative estimate of drug-likeness (QED) is 0.560. The van der Waals surface area contributed by atoms with Crippen molar-refractivity contribution in [3.8, 4) is 11.4 Å². The van der Waals surface area contributed by atoms with Gasteiger partial charge in [-0.15, -0.1) is 11.3 Å². The molecule has 120 valence electrons. The number of methoxy groups -OCH3 is 1. The molecule has 4 rings (SSSR count). The van der Waals surface area contributed by atoms with Crippen LogP contribution in [0.15, 0.2) is 41.5 Å². The monoisotopic (exact) mass is 337 g/mol. The van der Waals surface area contributed by atoms with Gasteiger partial charge in [0.1, 0.15) is 21.6 Å². The summed E-state index contributed by atoms with van der Waals surface area (Å²) in [4.78, 5) is 22.9. The highest BCUT2D eigenvalue weighted by atomic mass is 32.1. The minimum atomic E-state index is -0.0785. The predicted molar refractivity (Wildman–Crippen MR) is 96.5 cm³/mol. The summed E-state index contributed by atoms with van der Waals surface area (Å²) in [6.45, 7) is 3.99. The van der Waals surface area contributed by atoms with Gasteiger partial charge in [-0.2, -0.15) is 0 Å². The van der Waals surface area contributed by atoms with E-state index >= 15 is 0 Å². The summed E-state index contributed by atoms with van der Waals surface area (Å²) in [6.07, 6.45) is 1.58. The zero-order valence-electron chi connectivity index (χ0n) is 13.5. The first-order valence-corrected chi connectivity index (χ1v) is 8.32. The molecule has 0 fully saturated rings. The van der Waals surface area contributed by atoms with Crippen molar-refractivity contribution in [1.82, 2.24) is 14.5 Å². The summed E-state index contributed by atoms with van der Waals surface area (Å²) in [7, 11) is 1.61. The van der Waals surface area contributed by atoms with Crippen LogP contribution >= 0.6 is 11.3 Å². The van der Waals surface area contributed by atoms with Gasteiger partial charge in [0, 0.05) is 11.1 Å². The molecule has 5 nitrogen and oxygen atoms in total. The number of ether oxygens (including phenoxy) is 1. The van der Waals surface area contributed by atoms with Gasteiger partial charge in [0.15, 0.2) is 0 Å². The second-order valence-electron chi connectivity index (χ2n) is 5.66. The molecule has 3 heterocycles. The maximum atomic E-state index is 12.9. The van der Waals surface area contributed by atoms with E-state index in [1.54, 1.807) is 18.0 Å². The Morgan fingerprint density at radius 2 is 1.92 bits per heavy atom. The molecule has 0 aliphatic carbocycles. The Morgan fingerprint density at radius 3 is 2.62 bits per heavy atom. The van der Waals surface area contributed by atoms with Crippen molar-refractivity contribution >= 4 is 31.8 Å². The largest absolute Gasteiger partial charge is 0.497 e. The second kappa shape index (κ2) is 5.42. The number of pyridine rings is 1. The van der Waals surface area contributed by atoms with Gasteiger partial charge in [0.2, 0.25) is 0 Å². The van der Waals surface area contributed by atoms with Crippen LogP contribution in [0.2, 0.25) is 0 Å². The third-order valence-corrected chi connectivity index (χ3v) is 5.09. The fourth-order valence-corrected chi connectivity index (χ4v) is 4.07. The van der Waals surface area contributed by atoms with Crippen LogP contribution in [0.1, 0.15) is 11.3 Å². The molecule has 0 aliphatic heterocycles. The Balaban J connectivity index is 1.99. The highest BCUT2D eigenvalue weighted by Gasteiger charge is 2.15. The van der Waals surface area contributed by atoms with Crippen LogP contribution < -0.4 is 10.3 Å². The molecule has 0 saturated heterocycles. The molecular formula is C18H15N3O2S. The summed E-state index contributed by atoms with van der Waals surface area (Å²) in [6, 6.07) is 9.35. The van der Waals surface area contributed by atoms with E-state index in [2.05, 4.69) is 9.97 Å². The molecular weight excluding hydrogens is 322 g/mol. The maximum Gasteiger partial charge on any atom is 0.275 e. The van der Waals surface area contributed by atoms with Crippen molar-refractivity contribution in [3.63, 3.8) is 0 Å². The van der Waals surface area contributed by atoms with Gasteiger partial charge >= 0.3 is 0 Å². The predicted octanol–water partition coefficient (Wildman–Crippen LogP) is 3.62. The third-order valence-electron chi connectivity index (χ3n) is 4.03. The number of fused-ring (bicyclic) bond motifs is 3. The summed E-state index contributed by atoms with van der Waals surface area (Å²) in [5.74, 6) is 0.748. The van der Waals surface area contributed by atoms with Crippen molar-refractivity contribution in [3.05, 3.63) is 58.3 Å². The summed E-state index contributed by atoms with van der Waals surface area (Å²) in [5.41, 5.74) is 3.45. The van der Waals surface area contributed by atoms with E-state index in [9.17, 15) is 4.79 Å². The number of rotatable bonds is 2. The minimum Gasteiger partial charge on any atom is -0.497 e. The van der Waals surface area contributed by atoms with Crippen LogP contribution in [-0.4, -0.2) is 21.6 Å². The zero-order chi connectivity index (χ0) is 16.8. The second-order valence-corrected chi connectivity index (χ2v) is 6.66. The number of hydrogen-bond acceptors (Lipinski definition) is 5. The van der Waals surface area contributed by atoms with Crippen LogP contribution in [0.3, 0.4) is 0 Å². The SMILES string of the molecule is COc1ccc(-n2cnc3c(sc4nc(C)cc(C)c43)c2=O)cc1. The fourth-order valence-electron chi connectivity index (χ4n) is 2.90. The number of nitrogens with zero attached hydrogens (tertiary/aromatic N) is 3. The molecule has 0 unspecified atom stereocenters. The number of hydrogen-bond donors (Lipinski definition) is 0. The molecule has 0 amide bonds. The van der Waals surface area contributed by atoms with Crippen molar-refractivity contribution in [1.29, 1.82) is 0 Å². The lowest BCUT2D eigenvalue weighted by atomic mass is 10.1. The van der Waals surface area contributed by atoms with Crippen molar-refractivity contribution < 1.29 is 4.74 Å². The number of thiophene rings is 1. The van der Waals surface area contributed by atoms with Gasteiger partial charge in [0.25, 0.3) is 5.56 Å². The summed E-state index contributed by atoms with van der Waals surface area (Å²) < 4.78 is 7.34. The van der Waals surface area contributed by atoms with E-state index in [1.165, 1.54) is 11.3 Å². The Hall–Kier alpha value is -2.73. The van der Waals surface area contributed by atoms with Crippen molar-refractivity contribution in [2.45, 2.75) is 13.8 Å². The normalized spacial score (nSPS) is 11.3. The maximum absolute atomic E-state index is 12.9. The van der Waals surface area contributed by atoms with Gasteiger partial charge in [-0.25, -0.2) is 9.97 Å². The highest BCUT2D eigenvalue weighted by Crippen LogP contribution is 2.31. The average molecular weight is 337 g/mol. The van der Waals surface area contributed by atoms with E-state index < -0.39 is 0 Å². The molecule has 1 aromatic carbocycles. The lowest BCUT2D eigenvalue weighted by Gasteiger charge is -2.06. The van der Waals surface area contributed by atoms with Gasteiger partial charge in [-0.3, -0.25) is 9.36 Å². The third kappa shape index (κ3) is 2.18. The van der Waals surface area contributed by atoms with Crippen LogP contribution in [0, 0.1) is 13.8 Å². The molecule has 0 aliphatic rings. The van der Waals surface area contributed by atoms with E-state index in [0.29, 0.717) is 4.70 Å². The first-order chi connectivity index (χ1) is 11.6. The first-order valence-electron chi connectivity index (χ1n) is 7.51. The minimum absolute atomic E-state index is 0.0785. The average Bonchev–Trinajstić information content (AvgIpc) is 2.95.